The monoisotopic (exact) mass is 310 g/mol. The minimum atomic E-state index is -0.136. The largest absolute Gasteiger partial charge is 0.289 e. The minimum Gasteiger partial charge on any atom is -0.289 e. The van der Waals surface area contributed by atoms with Crippen LogP contribution in [0.25, 0.3) is 0 Å². The first-order valence-electron chi connectivity index (χ1n) is 7.26. The van der Waals surface area contributed by atoms with Gasteiger partial charge in [-0.05, 0) is 12.2 Å². The lowest BCUT2D eigenvalue weighted by atomic mass is 10.1. The Kier molecular flexibility index (Phi) is 6.16. The predicted octanol–water partition coefficient (Wildman–Crippen LogP) is 4.78. The summed E-state index contributed by atoms with van der Waals surface area (Å²) >= 11 is 1.44. The zero-order chi connectivity index (χ0) is 15.8. The second-order valence-electron chi connectivity index (χ2n) is 4.78. The molecule has 2 aromatic carbocycles. The molecule has 2 aromatic rings. The lowest BCUT2D eigenvalue weighted by Crippen LogP contribution is -2.05. The highest BCUT2D eigenvalue weighted by atomic mass is 32.2. The van der Waals surface area contributed by atoms with Gasteiger partial charge in [0.25, 0.3) is 0 Å². The van der Waals surface area contributed by atoms with E-state index in [1.165, 1.54) is 17.8 Å². The van der Waals surface area contributed by atoms with Crippen LogP contribution in [0.2, 0.25) is 0 Å². The summed E-state index contributed by atoms with van der Waals surface area (Å²) in [6, 6.07) is 18.1. The van der Waals surface area contributed by atoms with Crippen LogP contribution in [0.3, 0.4) is 0 Å². The summed E-state index contributed by atoms with van der Waals surface area (Å²) in [5.41, 5.74) is 1.20. The van der Waals surface area contributed by atoms with Gasteiger partial charge in [-0.15, -0.1) is 11.8 Å². The number of Topliss-reactive ketones (excluding diaryl/α,β-unsaturated/α-hetero) is 1. The summed E-state index contributed by atoms with van der Waals surface area (Å²) in [7, 11) is 0. The first kappa shape index (κ1) is 16.2. The summed E-state index contributed by atoms with van der Waals surface area (Å²) in [6.45, 7) is 2.05. The van der Waals surface area contributed by atoms with Crippen LogP contribution in [0.1, 0.15) is 34.1 Å². The highest BCUT2D eigenvalue weighted by Crippen LogP contribution is 2.22. The maximum absolute atomic E-state index is 12.6. The van der Waals surface area contributed by atoms with E-state index in [1.54, 1.807) is 24.3 Å². The molecule has 0 fully saturated rings. The van der Waals surface area contributed by atoms with Crippen LogP contribution in [-0.2, 0) is 0 Å². The molecule has 0 atom stereocenters. The third-order valence-electron chi connectivity index (χ3n) is 3.04. The number of thioether (sulfide) groups is 1. The molecular formula is C19H18O2S. The quantitative estimate of drug-likeness (QED) is 0.545. The normalized spacial score (nSPS) is 11.2. The third kappa shape index (κ3) is 4.43. The zero-order valence-electron chi connectivity index (χ0n) is 12.5. The Labute approximate surface area is 135 Å². The van der Waals surface area contributed by atoms with E-state index in [4.69, 9.17) is 0 Å². The molecule has 0 aliphatic heterocycles. The van der Waals surface area contributed by atoms with Gasteiger partial charge in [-0.1, -0.05) is 67.6 Å². The number of hydrogen-bond acceptors (Lipinski definition) is 3. The molecule has 0 N–H and O–H groups in total. The zero-order valence-corrected chi connectivity index (χ0v) is 13.3. The molecule has 0 unspecified atom stereocenters. The van der Waals surface area contributed by atoms with Gasteiger partial charge in [-0.3, -0.25) is 9.59 Å². The van der Waals surface area contributed by atoms with Gasteiger partial charge in [0, 0.05) is 17.2 Å². The van der Waals surface area contributed by atoms with E-state index >= 15 is 0 Å². The second-order valence-corrected chi connectivity index (χ2v) is 5.92. The van der Waals surface area contributed by atoms with Crippen molar-refractivity contribution in [2.45, 2.75) is 13.3 Å². The van der Waals surface area contributed by atoms with Crippen LogP contribution >= 0.6 is 11.8 Å². The molecule has 22 heavy (non-hydrogen) atoms. The van der Waals surface area contributed by atoms with Gasteiger partial charge in [0.2, 0.25) is 0 Å². The van der Waals surface area contributed by atoms with Gasteiger partial charge in [0.15, 0.2) is 11.6 Å². The predicted molar refractivity (Wildman–Crippen MR) is 92.4 cm³/mol. The van der Waals surface area contributed by atoms with Crippen molar-refractivity contribution >= 4 is 23.3 Å². The summed E-state index contributed by atoms with van der Waals surface area (Å²) in [5.74, 6) is 0.582. The van der Waals surface area contributed by atoms with E-state index in [9.17, 15) is 9.59 Å². The van der Waals surface area contributed by atoms with Crippen molar-refractivity contribution in [1.82, 2.24) is 0 Å². The van der Waals surface area contributed by atoms with E-state index in [0.29, 0.717) is 16.0 Å². The van der Waals surface area contributed by atoms with Crippen molar-refractivity contribution in [3.05, 3.63) is 82.8 Å². The SMILES string of the molecule is CCCSC(=CC(=O)c1ccccc1)C(=O)c1ccccc1. The lowest BCUT2D eigenvalue weighted by Gasteiger charge is -2.06. The van der Waals surface area contributed by atoms with Crippen molar-refractivity contribution < 1.29 is 9.59 Å². The van der Waals surface area contributed by atoms with Gasteiger partial charge >= 0.3 is 0 Å². The molecule has 0 radical (unpaired) electrons. The van der Waals surface area contributed by atoms with E-state index in [0.717, 1.165) is 12.2 Å². The van der Waals surface area contributed by atoms with Gasteiger partial charge in [-0.2, -0.15) is 0 Å². The number of ketones is 2. The molecule has 0 spiro atoms. The van der Waals surface area contributed by atoms with Gasteiger partial charge in [0.05, 0.1) is 4.91 Å². The van der Waals surface area contributed by atoms with Crippen LogP contribution in [0.5, 0.6) is 0 Å². The Morgan fingerprint density at radius 3 is 2.00 bits per heavy atom. The Bertz CT molecular complexity index is 660. The minimum absolute atomic E-state index is 0.0941. The van der Waals surface area contributed by atoms with E-state index < -0.39 is 0 Å². The summed E-state index contributed by atoms with van der Waals surface area (Å²) in [6.07, 6.45) is 2.41. The van der Waals surface area contributed by atoms with Crippen LogP contribution in [0.4, 0.5) is 0 Å². The Morgan fingerprint density at radius 2 is 1.45 bits per heavy atom. The number of carbonyl (C=O) groups excluding carboxylic acids is 2. The molecule has 2 nitrogen and oxygen atoms in total. The van der Waals surface area contributed by atoms with Crippen LogP contribution in [0.15, 0.2) is 71.6 Å². The van der Waals surface area contributed by atoms with E-state index in [2.05, 4.69) is 6.92 Å². The molecule has 0 saturated carbocycles. The molecule has 0 bridgehead atoms. The van der Waals surface area contributed by atoms with Crippen molar-refractivity contribution in [1.29, 1.82) is 0 Å². The topological polar surface area (TPSA) is 34.1 Å². The van der Waals surface area contributed by atoms with Gasteiger partial charge in [-0.25, -0.2) is 0 Å². The van der Waals surface area contributed by atoms with Crippen molar-refractivity contribution in [2.24, 2.45) is 0 Å². The third-order valence-corrected chi connectivity index (χ3v) is 4.27. The fourth-order valence-corrected chi connectivity index (χ4v) is 2.78. The molecule has 0 aliphatic carbocycles. The van der Waals surface area contributed by atoms with Crippen molar-refractivity contribution in [2.75, 3.05) is 5.75 Å². The average Bonchev–Trinajstić information content (AvgIpc) is 2.59. The maximum Gasteiger partial charge on any atom is 0.199 e. The molecule has 112 valence electrons. The molecule has 2 rings (SSSR count). The Hall–Kier alpha value is -2.13. The summed E-state index contributed by atoms with van der Waals surface area (Å²) < 4.78 is 0. The van der Waals surface area contributed by atoms with E-state index in [1.807, 2.05) is 36.4 Å². The number of benzene rings is 2. The smallest absolute Gasteiger partial charge is 0.199 e. The lowest BCUT2D eigenvalue weighted by molar-refractivity contribution is 0.101. The number of rotatable bonds is 7. The molecule has 3 heteroatoms. The molecule has 0 aliphatic rings. The Balaban J connectivity index is 2.27. The van der Waals surface area contributed by atoms with E-state index in [-0.39, 0.29) is 11.6 Å². The molecule has 0 amide bonds. The second kappa shape index (κ2) is 8.35. The summed E-state index contributed by atoms with van der Waals surface area (Å²) in [5, 5.41) is 0. The average molecular weight is 310 g/mol. The maximum atomic E-state index is 12.6. The number of carbonyl (C=O) groups is 2. The Morgan fingerprint density at radius 1 is 0.909 bits per heavy atom. The standard InChI is InChI=1S/C19H18O2S/c1-2-13-22-18(19(21)16-11-7-4-8-12-16)14-17(20)15-9-5-3-6-10-15/h3-12,14H,2,13H2,1H3. The highest BCUT2D eigenvalue weighted by Gasteiger charge is 2.14. The first-order chi connectivity index (χ1) is 10.7. The number of hydrogen-bond donors (Lipinski definition) is 0. The number of allylic oxidation sites excluding steroid dienone is 2. The fourth-order valence-electron chi connectivity index (χ4n) is 1.92. The molecule has 0 saturated heterocycles. The van der Waals surface area contributed by atoms with Crippen LogP contribution in [-0.4, -0.2) is 17.3 Å². The molecular weight excluding hydrogens is 292 g/mol. The van der Waals surface area contributed by atoms with Gasteiger partial charge < -0.3 is 0 Å². The summed E-state index contributed by atoms with van der Waals surface area (Å²) in [4.78, 5) is 25.4. The first-order valence-corrected chi connectivity index (χ1v) is 8.24. The molecule has 0 heterocycles. The highest BCUT2D eigenvalue weighted by molar-refractivity contribution is 8.04. The van der Waals surface area contributed by atoms with Crippen LogP contribution < -0.4 is 0 Å². The fraction of sp³-hybridized carbons (Fsp3) is 0.158. The van der Waals surface area contributed by atoms with Gasteiger partial charge in [0.1, 0.15) is 0 Å². The van der Waals surface area contributed by atoms with Crippen molar-refractivity contribution in [3.63, 3.8) is 0 Å². The molecule has 0 aromatic heterocycles. The van der Waals surface area contributed by atoms with Crippen LogP contribution in [0, 0.1) is 0 Å². The van der Waals surface area contributed by atoms with Crippen molar-refractivity contribution in [3.8, 4) is 0 Å².